The fourth-order valence-electron chi connectivity index (χ4n) is 2.52. The molecule has 1 aliphatic carbocycles. The van der Waals surface area contributed by atoms with Gasteiger partial charge in [0.25, 0.3) is 0 Å². The van der Waals surface area contributed by atoms with E-state index in [1.54, 1.807) is 30.3 Å². The minimum Gasteiger partial charge on any atom is -0.468 e. The Hall–Kier alpha value is -2.82. The summed E-state index contributed by atoms with van der Waals surface area (Å²) >= 11 is 1.39. The molecule has 8 nitrogen and oxygen atoms in total. The highest BCUT2D eigenvalue weighted by molar-refractivity contribution is 7.89. The van der Waals surface area contributed by atoms with Gasteiger partial charge < -0.3 is 4.42 Å². The predicted molar refractivity (Wildman–Crippen MR) is 109 cm³/mol. The van der Waals surface area contributed by atoms with Gasteiger partial charge in [0, 0.05) is 12.0 Å². The lowest BCUT2D eigenvalue weighted by Crippen LogP contribution is -2.22. The third-order valence-electron chi connectivity index (χ3n) is 4.23. The van der Waals surface area contributed by atoms with Gasteiger partial charge in [0.15, 0.2) is 0 Å². The van der Waals surface area contributed by atoms with E-state index in [1.807, 2.05) is 0 Å². The van der Waals surface area contributed by atoms with Gasteiger partial charge in [-0.3, -0.25) is 10.1 Å². The van der Waals surface area contributed by atoms with Crippen LogP contribution in [0.25, 0.3) is 6.08 Å². The molecular weight excluding hydrogens is 412 g/mol. The highest BCUT2D eigenvalue weighted by atomic mass is 32.2. The van der Waals surface area contributed by atoms with Crippen LogP contribution in [0.2, 0.25) is 0 Å². The van der Waals surface area contributed by atoms with E-state index in [2.05, 4.69) is 20.2 Å². The highest BCUT2D eigenvalue weighted by Crippen LogP contribution is 2.42. The standard InChI is InChI=1S/C19H18N4O4S2/c24-17(21-19-23-22-18(28-19)14-6-7-14)10-5-13-3-8-16(9-4-13)29(25,26)20-12-15-2-1-11-27-15/h1-5,8-11,14,20H,6-7,12H2,(H,21,23,24)/b10-5+. The second-order valence-corrected chi connectivity index (χ2v) is 9.29. The van der Waals surface area contributed by atoms with Crippen LogP contribution in [0, 0.1) is 0 Å². The highest BCUT2D eigenvalue weighted by Gasteiger charge is 2.27. The molecular formula is C19H18N4O4S2. The average molecular weight is 431 g/mol. The second-order valence-electron chi connectivity index (χ2n) is 6.52. The Kier molecular flexibility index (Phi) is 5.56. The van der Waals surface area contributed by atoms with Crippen LogP contribution in [0.3, 0.4) is 0 Å². The quantitative estimate of drug-likeness (QED) is 0.531. The Morgan fingerprint density at radius 2 is 2.00 bits per heavy atom. The molecule has 3 aromatic rings. The van der Waals surface area contributed by atoms with E-state index in [1.165, 1.54) is 35.8 Å². The zero-order valence-electron chi connectivity index (χ0n) is 15.2. The first-order chi connectivity index (χ1) is 14.0. The number of hydrogen-bond acceptors (Lipinski definition) is 7. The molecule has 0 spiro atoms. The van der Waals surface area contributed by atoms with Crippen molar-refractivity contribution in [2.75, 3.05) is 5.32 Å². The summed E-state index contributed by atoms with van der Waals surface area (Å²) in [6, 6.07) is 9.60. The van der Waals surface area contributed by atoms with Crippen LogP contribution in [0.4, 0.5) is 5.13 Å². The van der Waals surface area contributed by atoms with Gasteiger partial charge in [0.05, 0.1) is 17.7 Å². The van der Waals surface area contributed by atoms with Crippen molar-refractivity contribution in [3.63, 3.8) is 0 Å². The van der Waals surface area contributed by atoms with Crippen molar-refractivity contribution in [2.24, 2.45) is 0 Å². The average Bonchev–Trinajstić information content (AvgIpc) is 3.23. The molecule has 1 amide bonds. The summed E-state index contributed by atoms with van der Waals surface area (Å²) in [6.07, 6.45) is 6.72. The van der Waals surface area contributed by atoms with Gasteiger partial charge in [-0.25, -0.2) is 13.1 Å². The van der Waals surface area contributed by atoms with E-state index >= 15 is 0 Å². The second kappa shape index (κ2) is 8.27. The third kappa shape index (κ3) is 5.17. The van der Waals surface area contributed by atoms with Crippen molar-refractivity contribution in [3.05, 3.63) is 65.1 Å². The first-order valence-corrected chi connectivity index (χ1v) is 11.2. The summed E-state index contributed by atoms with van der Waals surface area (Å²) in [6.45, 7) is 0.0746. The lowest BCUT2D eigenvalue weighted by Gasteiger charge is -2.05. The fourth-order valence-corrected chi connectivity index (χ4v) is 4.43. The number of benzene rings is 1. The van der Waals surface area contributed by atoms with Gasteiger partial charge in [0.2, 0.25) is 21.1 Å². The number of hydrogen-bond donors (Lipinski definition) is 2. The number of carbonyl (C=O) groups is 1. The molecule has 2 heterocycles. The smallest absolute Gasteiger partial charge is 0.250 e. The molecule has 0 atom stereocenters. The predicted octanol–water partition coefficient (Wildman–Crippen LogP) is 3.14. The molecule has 1 aromatic carbocycles. The van der Waals surface area contributed by atoms with Crippen molar-refractivity contribution >= 4 is 38.5 Å². The zero-order chi connectivity index (χ0) is 20.3. The van der Waals surface area contributed by atoms with Crippen LogP contribution >= 0.6 is 11.3 Å². The van der Waals surface area contributed by atoms with Crippen LogP contribution < -0.4 is 10.0 Å². The Morgan fingerprint density at radius 3 is 2.69 bits per heavy atom. The summed E-state index contributed by atoms with van der Waals surface area (Å²) in [5.74, 6) is 0.705. The van der Waals surface area contributed by atoms with Crippen molar-refractivity contribution in [2.45, 2.75) is 30.2 Å². The summed E-state index contributed by atoms with van der Waals surface area (Å²) in [5, 5.41) is 12.2. The molecule has 29 heavy (non-hydrogen) atoms. The molecule has 1 saturated carbocycles. The maximum absolute atomic E-state index is 12.3. The van der Waals surface area contributed by atoms with Crippen LogP contribution in [-0.4, -0.2) is 24.5 Å². The van der Waals surface area contributed by atoms with Crippen molar-refractivity contribution in [3.8, 4) is 0 Å². The maximum atomic E-state index is 12.3. The Morgan fingerprint density at radius 1 is 1.21 bits per heavy atom. The van der Waals surface area contributed by atoms with Gasteiger partial charge >= 0.3 is 0 Å². The summed E-state index contributed by atoms with van der Waals surface area (Å²) < 4.78 is 32.2. The number of anilines is 1. The van der Waals surface area contributed by atoms with E-state index in [-0.39, 0.29) is 17.3 Å². The number of nitrogens with zero attached hydrogens (tertiary/aromatic N) is 2. The molecule has 1 aliphatic rings. The van der Waals surface area contributed by atoms with Gasteiger partial charge in [-0.15, -0.1) is 10.2 Å². The van der Waals surface area contributed by atoms with Gasteiger partial charge in [0.1, 0.15) is 10.8 Å². The third-order valence-corrected chi connectivity index (χ3v) is 6.65. The molecule has 0 unspecified atom stereocenters. The zero-order valence-corrected chi connectivity index (χ0v) is 16.9. The van der Waals surface area contributed by atoms with Gasteiger partial charge in [-0.2, -0.15) is 0 Å². The largest absolute Gasteiger partial charge is 0.468 e. The van der Waals surface area contributed by atoms with Crippen molar-refractivity contribution in [1.29, 1.82) is 0 Å². The van der Waals surface area contributed by atoms with Crippen LogP contribution in [0.5, 0.6) is 0 Å². The monoisotopic (exact) mass is 430 g/mol. The Bertz CT molecular complexity index is 1120. The number of rotatable bonds is 8. The van der Waals surface area contributed by atoms with Gasteiger partial charge in [-0.05, 0) is 48.7 Å². The molecule has 2 N–H and O–H groups in total. The molecule has 0 radical (unpaired) electrons. The first-order valence-electron chi connectivity index (χ1n) is 8.94. The summed E-state index contributed by atoms with van der Waals surface area (Å²) in [5.41, 5.74) is 0.695. The number of sulfonamides is 1. The number of carbonyl (C=O) groups excluding carboxylic acids is 1. The number of amides is 1. The molecule has 1 fully saturated rings. The summed E-state index contributed by atoms with van der Waals surface area (Å²) in [4.78, 5) is 12.2. The molecule has 150 valence electrons. The van der Waals surface area contributed by atoms with Crippen LogP contribution in [0.1, 0.15) is 35.1 Å². The van der Waals surface area contributed by atoms with Crippen LogP contribution in [0.15, 0.2) is 58.1 Å². The number of furan rings is 1. The molecule has 10 heteroatoms. The SMILES string of the molecule is O=C(/C=C/c1ccc(S(=O)(=O)NCc2ccco2)cc1)Nc1nnc(C2CC2)s1. The van der Waals surface area contributed by atoms with Gasteiger partial charge in [-0.1, -0.05) is 23.5 Å². The van der Waals surface area contributed by atoms with Crippen molar-refractivity contribution < 1.29 is 17.6 Å². The number of nitrogens with one attached hydrogen (secondary N) is 2. The molecule has 0 saturated heterocycles. The normalized spacial score (nSPS) is 14.3. The Balaban J connectivity index is 1.33. The van der Waals surface area contributed by atoms with Crippen LogP contribution in [-0.2, 0) is 21.4 Å². The molecule has 2 aromatic heterocycles. The first kappa shape index (κ1) is 19.5. The summed E-state index contributed by atoms with van der Waals surface area (Å²) in [7, 11) is -3.65. The van der Waals surface area contributed by atoms with E-state index in [0.717, 1.165) is 17.8 Å². The minimum atomic E-state index is -3.65. The maximum Gasteiger partial charge on any atom is 0.250 e. The molecule has 0 aliphatic heterocycles. The lowest BCUT2D eigenvalue weighted by molar-refractivity contribution is -0.111. The van der Waals surface area contributed by atoms with E-state index in [0.29, 0.717) is 22.4 Å². The van der Waals surface area contributed by atoms with E-state index in [4.69, 9.17) is 4.42 Å². The van der Waals surface area contributed by atoms with Crippen molar-refractivity contribution in [1.82, 2.24) is 14.9 Å². The van der Waals surface area contributed by atoms with E-state index < -0.39 is 10.0 Å². The van der Waals surface area contributed by atoms with E-state index in [9.17, 15) is 13.2 Å². The fraction of sp³-hybridized carbons (Fsp3) is 0.211. The topological polar surface area (TPSA) is 114 Å². The Labute approximate surface area is 171 Å². The lowest BCUT2D eigenvalue weighted by atomic mass is 10.2. The minimum absolute atomic E-state index is 0.0746. The molecule has 0 bridgehead atoms. The molecule has 4 rings (SSSR count). The number of aromatic nitrogens is 2.